The van der Waals surface area contributed by atoms with E-state index in [2.05, 4.69) is 0 Å². The van der Waals surface area contributed by atoms with Crippen molar-refractivity contribution in [3.05, 3.63) is 30.3 Å². The summed E-state index contributed by atoms with van der Waals surface area (Å²) in [6.07, 6.45) is 1.03. The van der Waals surface area contributed by atoms with Gasteiger partial charge in [-0.05, 0) is 25.5 Å². The van der Waals surface area contributed by atoms with Gasteiger partial charge >= 0.3 is 5.97 Å². The average Bonchev–Trinajstić information content (AvgIpc) is 2.41. The van der Waals surface area contributed by atoms with E-state index in [9.17, 15) is 4.79 Å². The molecule has 0 aliphatic rings. The van der Waals surface area contributed by atoms with Gasteiger partial charge in [-0.25, -0.2) is 0 Å². The molecule has 18 heavy (non-hydrogen) atoms. The predicted molar refractivity (Wildman–Crippen MR) is 68.6 cm³/mol. The highest BCUT2D eigenvalue weighted by Gasteiger charge is 2.02. The van der Waals surface area contributed by atoms with Crippen molar-refractivity contribution in [2.75, 3.05) is 26.4 Å². The van der Waals surface area contributed by atoms with E-state index in [1.807, 2.05) is 37.3 Å². The van der Waals surface area contributed by atoms with E-state index >= 15 is 0 Å². The van der Waals surface area contributed by atoms with Crippen LogP contribution in [0.5, 0.6) is 5.75 Å². The molecule has 0 aliphatic carbocycles. The topological polar surface area (TPSA) is 44.8 Å². The third-order valence-electron chi connectivity index (χ3n) is 2.23. The van der Waals surface area contributed by atoms with Gasteiger partial charge in [0.05, 0.1) is 13.2 Å². The molecule has 0 atom stereocenters. The number of carbonyl (C=O) groups is 1. The molecule has 0 fully saturated rings. The largest absolute Gasteiger partial charge is 0.494 e. The lowest BCUT2D eigenvalue weighted by Crippen LogP contribution is -2.11. The minimum Gasteiger partial charge on any atom is -0.494 e. The highest BCUT2D eigenvalue weighted by atomic mass is 16.6. The Morgan fingerprint density at radius 2 is 1.89 bits per heavy atom. The monoisotopic (exact) mass is 252 g/mol. The van der Waals surface area contributed by atoms with Gasteiger partial charge in [-0.1, -0.05) is 18.2 Å². The van der Waals surface area contributed by atoms with Crippen LogP contribution < -0.4 is 4.74 Å². The van der Waals surface area contributed by atoms with Crippen LogP contribution in [0, 0.1) is 0 Å². The van der Waals surface area contributed by atoms with Gasteiger partial charge in [-0.15, -0.1) is 0 Å². The highest BCUT2D eigenvalue weighted by molar-refractivity contribution is 5.69. The first-order valence-corrected chi connectivity index (χ1v) is 6.24. The van der Waals surface area contributed by atoms with Gasteiger partial charge in [-0.2, -0.15) is 0 Å². The van der Waals surface area contributed by atoms with Crippen LogP contribution in [0.15, 0.2) is 30.3 Å². The summed E-state index contributed by atoms with van der Waals surface area (Å²) in [5, 5.41) is 0. The molecule has 4 nitrogen and oxygen atoms in total. The second-order valence-corrected chi connectivity index (χ2v) is 3.68. The summed E-state index contributed by atoms with van der Waals surface area (Å²) in [6.45, 7) is 3.85. The van der Waals surface area contributed by atoms with Crippen LogP contribution in [0.25, 0.3) is 0 Å². The van der Waals surface area contributed by atoms with Crippen LogP contribution in [-0.2, 0) is 14.3 Å². The Bertz CT molecular complexity index is 324. The minimum atomic E-state index is -0.202. The molecule has 0 unspecified atom stereocenters. The van der Waals surface area contributed by atoms with Gasteiger partial charge in [0.1, 0.15) is 12.4 Å². The Morgan fingerprint density at radius 3 is 2.61 bits per heavy atom. The molecule has 0 amide bonds. The van der Waals surface area contributed by atoms with Crippen LogP contribution in [0.2, 0.25) is 0 Å². The molecular weight excluding hydrogens is 232 g/mol. The van der Waals surface area contributed by atoms with E-state index in [1.165, 1.54) is 0 Å². The summed E-state index contributed by atoms with van der Waals surface area (Å²) in [4.78, 5) is 11.3. The second kappa shape index (κ2) is 9.48. The molecule has 0 bridgehead atoms. The van der Waals surface area contributed by atoms with Gasteiger partial charge < -0.3 is 14.2 Å². The van der Waals surface area contributed by atoms with E-state index in [4.69, 9.17) is 14.2 Å². The molecule has 0 radical (unpaired) electrons. The maximum Gasteiger partial charge on any atom is 0.305 e. The zero-order valence-electron chi connectivity index (χ0n) is 10.8. The molecule has 0 heterocycles. The number of esters is 1. The molecule has 1 aromatic rings. The maximum absolute atomic E-state index is 11.3. The number of para-hydroxylation sites is 1. The van der Waals surface area contributed by atoms with Crippen molar-refractivity contribution in [2.45, 2.75) is 19.8 Å². The zero-order valence-corrected chi connectivity index (χ0v) is 10.8. The van der Waals surface area contributed by atoms with Gasteiger partial charge in [-0.3, -0.25) is 4.79 Å². The van der Waals surface area contributed by atoms with Gasteiger partial charge in [0.25, 0.3) is 0 Å². The Kier molecular flexibility index (Phi) is 7.64. The molecule has 0 saturated heterocycles. The van der Waals surface area contributed by atoms with Crippen molar-refractivity contribution in [3.8, 4) is 5.75 Å². The molecular formula is C14H20O4. The number of hydrogen-bond acceptors (Lipinski definition) is 4. The third kappa shape index (κ3) is 6.91. The summed E-state index contributed by atoms with van der Waals surface area (Å²) in [6, 6.07) is 9.54. The summed E-state index contributed by atoms with van der Waals surface area (Å²) >= 11 is 0. The quantitative estimate of drug-likeness (QED) is 0.500. The first-order valence-electron chi connectivity index (χ1n) is 6.24. The molecule has 0 spiro atoms. The smallest absolute Gasteiger partial charge is 0.305 e. The lowest BCUT2D eigenvalue weighted by atomic mass is 10.3. The molecule has 0 aromatic heterocycles. The Balaban J connectivity index is 1.99. The normalized spacial score (nSPS) is 10.1. The average molecular weight is 252 g/mol. The first-order chi connectivity index (χ1) is 8.83. The number of hydrogen-bond donors (Lipinski definition) is 0. The van der Waals surface area contributed by atoms with Crippen molar-refractivity contribution < 1.29 is 19.0 Å². The van der Waals surface area contributed by atoms with Crippen molar-refractivity contribution in [1.29, 1.82) is 0 Å². The van der Waals surface area contributed by atoms with Gasteiger partial charge in [0.15, 0.2) is 0 Å². The standard InChI is InChI=1S/C14H20O4/c1-2-16-11-12-18-14(15)9-6-10-17-13-7-4-3-5-8-13/h3-5,7-8H,2,6,9-12H2,1H3. The molecule has 0 aliphatic heterocycles. The SMILES string of the molecule is CCOCCOC(=O)CCCOc1ccccc1. The Labute approximate surface area is 108 Å². The van der Waals surface area contributed by atoms with E-state index in [1.54, 1.807) is 0 Å². The summed E-state index contributed by atoms with van der Waals surface area (Å²) < 4.78 is 15.5. The molecule has 100 valence electrons. The zero-order chi connectivity index (χ0) is 13.1. The van der Waals surface area contributed by atoms with Crippen molar-refractivity contribution in [2.24, 2.45) is 0 Å². The third-order valence-corrected chi connectivity index (χ3v) is 2.23. The summed E-state index contributed by atoms with van der Waals surface area (Å²) in [5.74, 6) is 0.619. The van der Waals surface area contributed by atoms with Crippen molar-refractivity contribution >= 4 is 5.97 Å². The van der Waals surface area contributed by atoms with Crippen LogP contribution in [0.1, 0.15) is 19.8 Å². The maximum atomic E-state index is 11.3. The lowest BCUT2D eigenvalue weighted by Gasteiger charge is -2.06. The van der Waals surface area contributed by atoms with Crippen LogP contribution >= 0.6 is 0 Å². The molecule has 0 N–H and O–H groups in total. The molecule has 0 saturated carbocycles. The van der Waals surface area contributed by atoms with E-state index in [0.717, 1.165) is 5.75 Å². The highest BCUT2D eigenvalue weighted by Crippen LogP contribution is 2.08. The molecule has 4 heteroatoms. The Morgan fingerprint density at radius 1 is 1.11 bits per heavy atom. The van der Waals surface area contributed by atoms with Crippen LogP contribution in [0.3, 0.4) is 0 Å². The van der Waals surface area contributed by atoms with Crippen molar-refractivity contribution in [3.63, 3.8) is 0 Å². The Hall–Kier alpha value is -1.55. The number of carbonyl (C=O) groups excluding carboxylic acids is 1. The fraction of sp³-hybridized carbons (Fsp3) is 0.500. The number of benzene rings is 1. The molecule has 1 rings (SSSR count). The fourth-order valence-corrected chi connectivity index (χ4v) is 1.35. The summed E-state index contributed by atoms with van der Waals surface area (Å²) in [7, 11) is 0. The van der Waals surface area contributed by atoms with E-state index in [0.29, 0.717) is 39.3 Å². The number of rotatable bonds is 9. The van der Waals surface area contributed by atoms with Crippen LogP contribution in [0.4, 0.5) is 0 Å². The number of ether oxygens (including phenoxy) is 3. The van der Waals surface area contributed by atoms with E-state index in [-0.39, 0.29) is 5.97 Å². The summed E-state index contributed by atoms with van der Waals surface area (Å²) in [5.41, 5.74) is 0. The second-order valence-electron chi connectivity index (χ2n) is 3.68. The van der Waals surface area contributed by atoms with Gasteiger partial charge in [0, 0.05) is 13.0 Å². The minimum absolute atomic E-state index is 0.202. The van der Waals surface area contributed by atoms with Crippen LogP contribution in [-0.4, -0.2) is 32.4 Å². The first kappa shape index (κ1) is 14.5. The lowest BCUT2D eigenvalue weighted by molar-refractivity contribution is -0.145. The predicted octanol–water partition coefficient (Wildman–Crippen LogP) is 2.43. The van der Waals surface area contributed by atoms with Crippen molar-refractivity contribution in [1.82, 2.24) is 0 Å². The van der Waals surface area contributed by atoms with E-state index < -0.39 is 0 Å². The van der Waals surface area contributed by atoms with Gasteiger partial charge in [0.2, 0.25) is 0 Å². The molecule has 1 aromatic carbocycles. The fourth-order valence-electron chi connectivity index (χ4n) is 1.35.